The van der Waals surface area contributed by atoms with E-state index < -0.39 is 17.8 Å². The number of aliphatic hydroxyl groups is 1. The van der Waals surface area contributed by atoms with Gasteiger partial charge in [0, 0.05) is 35.1 Å². The molecule has 2 aromatic heterocycles. The van der Waals surface area contributed by atoms with E-state index in [-0.39, 0.29) is 19.0 Å². The number of hydrogen-bond donors (Lipinski definition) is 3. The van der Waals surface area contributed by atoms with Crippen molar-refractivity contribution in [1.82, 2.24) is 14.8 Å². The number of halogens is 4. The Kier molecular flexibility index (Phi) is 6.60. The summed E-state index contributed by atoms with van der Waals surface area (Å²) in [6.45, 7) is -0.283. The molecule has 0 bridgehead atoms. The Balaban J connectivity index is 1.80. The maximum atomic E-state index is 13.0. The van der Waals surface area contributed by atoms with E-state index in [1.54, 1.807) is 35.3 Å². The van der Waals surface area contributed by atoms with Crippen molar-refractivity contribution in [2.24, 2.45) is 5.73 Å². The van der Waals surface area contributed by atoms with Gasteiger partial charge in [0.15, 0.2) is 0 Å². The SMILES string of the molecule is NCC(c1ccc(C(F)(F)F)cc1)n1cc(-c2ccnc(N)c2-c2ccc(Cl)cc2)c(CO)n1. The molecule has 1 atom stereocenters. The summed E-state index contributed by atoms with van der Waals surface area (Å²) in [4.78, 5) is 4.20. The first-order chi connectivity index (χ1) is 16.2. The van der Waals surface area contributed by atoms with E-state index in [4.69, 9.17) is 23.1 Å². The standard InChI is InChI=1S/C24H21ClF3N5O/c25-17-7-3-15(4-8-17)22-18(9-10-31-23(22)30)19-12-33(32-20(19)13-34)21(11-29)14-1-5-16(6-2-14)24(26,27)28/h1-10,12,21,34H,11,13,29H2,(H2,30,31). The van der Waals surface area contributed by atoms with E-state index in [2.05, 4.69) is 10.1 Å². The third-order valence-electron chi connectivity index (χ3n) is 5.53. The molecule has 5 N–H and O–H groups in total. The predicted molar refractivity (Wildman–Crippen MR) is 125 cm³/mol. The maximum Gasteiger partial charge on any atom is 0.416 e. The van der Waals surface area contributed by atoms with Crippen LogP contribution in [0.1, 0.15) is 22.9 Å². The van der Waals surface area contributed by atoms with E-state index >= 15 is 0 Å². The highest BCUT2D eigenvalue weighted by Gasteiger charge is 2.30. The van der Waals surface area contributed by atoms with Gasteiger partial charge in [0.1, 0.15) is 5.82 Å². The van der Waals surface area contributed by atoms with E-state index in [0.717, 1.165) is 17.7 Å². The minimum Gasteiger partial charge on any atom is -0.390 e. The number of alkyl halides is 3. The van der Waals surface area contributed by atoms with E-state index in [0.29, 0.717) is 33.0 Å². The summed E-state index contributed by atoms with van der Waals surface area (Å²) in [6.07, 6.45) is -1.17. The van der Waals surface area contributed by atoms with Gasteiger partial charge in [-0.1, -0.05) is 35.9 Å². The summed E-state index contributed by atoms with van der Waals surface area (Å²) in [5, 5.41) is 15.1. The molecule has 34 heavy (non-hydrogen) atoms. The zero-order valence-electron chi connectivity index (χ0n) is 17.8. The second kappa shape index (κ2) is 9.46. The van der Waals surface area contributed by atoms with Gasteiger partial charge in [-0.3, -0.25) is 4.68 Å². The van der Waals surface area contributed by atoms with Crippen LogP contribution in [0.15, 0.2) is 67.0 Å². The fourth-order valence-corrected chi connectivity index (χ4v) is 3.97. The van der Waals surface area contributed by atoms with E-state index in [1.165, 1.54) is 12.1 Å². The molecular formula is C24H21ClF3N5O. The summed E-state index contributed by atoms with van der Waals surface area (Å²) in [7, 11) is 0. The molecule has 0 aliphatic rings. The number of rotatable bonds is 6. The molecule has 0 fully saturated rings. The molecule has 4 aromatic rings. The highest BCUT2D eigenvalue weighted by atomic mass is 35.5. The molecule has 1 unspecified atom stereocenters. The number of nitrogens with two attached hydrogens (primary N) is 2. The molecule has 2 aromatic carbocycles. The smallest absolute Gasteiger partial charge is 0.390 e. The van der Waals surface area contributed by atoms with Crippen LogP contribution in [-0.2, 0) is 12.8 Å². The van der Waals surface area contributed by atoms with Gasteiger partial charge in [-0.15, -0.1) is 0 Å². The zero-order valence-corrected chi connectivity index (χ0v) is 18.6. The lowest BCUT2D eigenvalue weighted by Crippen LogP contribution is -2.21. The summed E-state index contributed by atoms with van der Waals surface area (Å²) >= 11 is 6.02. The maximum absolute atomic E-state index is 13.0. The summed E-state index contributed by atoms with van der Waals surface area (Å²) in [6, 6.07) is 13.1. The van der Waals surface area contributed by atoms with Crippen LogP contribution < -0.4 is 11.5 Å². The number of aliphatic hydroxyl groups excluding tert-OH is 1. The third-order valence-corrected chi connectivity index (χ3v) is 5.78. The second-order valence-corrected chi connectivity index (χ2v) is 8.06. The van der Waals surface area contributed by atoms with Gasteiger partial charge in [-0.05, 0) is 47.0 Å². The molecule has 0 amide bonds. The highest BCUT2D eigenvalue weighted by molar-refractivity contribution is 6.30. The molecular weight excluding hydrogens is 467 g/mol. The first-order valence-corrected chi connectivity index (χ1v) is 10.7. The van der Waals surface area contributed by atoms with Crippen LogP contribution in [0.3, 0.4) is 0 Å². The number of anilines is 1. The summed E-state index contributed by atoms with van der Waals surface area (Å²) in [5.74, 6) is 0.287. The molecule has 176 valence electrons. The van der Waals surface area contributed by atoms with Gasteiger partial charge in [-0.25, -0.2) is 4.98 Å². The lowest BCUT2D eigenvalue weighted by molar-refractivity contribution is -0.137. The van der Waals surface area contributed by atoms with Crippen molar-refractivity contribution >= 4 is 17.4 Å². The molecule has 0 spiro atoms. The fraction of sp³-hybridized carbons (Fsp3) is 0.167. The van der Waals surface area contributed by atoms with Crippen LogP contribution in [-0.4, -0.2) is 26.4 Å². The van der Waals surface area contributed by atoms with Crippen molar-refractivity contribution in [3.05, 3.63) is 88.8 Å². The van der Waals surface area contributed by atoms with Crippen LogP contribution in [0.25, 0.3) is 22.3 Å². The van der Waals surface area contributed by atoms with Crippen LogP contribution in [0.4, 0.5) is 19.0 Å². The van der Waals surface area contributed by atoms with Gasteiger partial charge in [0.05, 0.1) is 23.9 Å². The topological polar surface area (TPSA) is 103 Å². The Morgan fingerprint density at radius 3 is 2.26 bits per heavy atom. The zero-order chi connectivity index (χ0) is 24.5. The molecule has 0 aliphatic carbocycles. The number of aromatic nitrogens is 3. The van der Waals surface area contributed by atoms with Crippen molar-refractivity contribution in [1.29, 1.82) is 0 Å². The van der Waals surface area contributed by atoms with Gasteiger partial charge < -0.3 is 16.6 Å². The Hall–Kier alpha value is -3.40. The molecule has 0 saturated heterocycles. The largest absolute Gasteiger partial charge is 0.416 e. The van der Waals surface area contributed by atoms with Gasteiger partial charge in [-0.2, -0.15) is 18.3 Å². The molecule has 4 rings (SSSR count). The average molecular weight is 488 g/mol. The Morgan fingerprint density at radius 2 is 1.68 bits per heavy atom. The fourth-order valence-electron chi connectivity index (χ4n) is 3.84. The molecule has 0 aliphatic heterocycles. The van der Waals surface area contributed by atoms with Crippen LogP contribution >= 0.6 is 11.6 Å². The highest BCUT2D eigenvalue weighted by Crippen LogP contribution is 2.38. The number of nitrogens with zero attached hydrogens (tertiary/aromatic N) is 3. The molecule has 0 saturated carbocycles. The molecule has 6 nitrogen and oxygen atoms in total. The second-order valence-electron chi connectivity index (χ2n) is 7.62. The van der Waals surface area contributed by atoms with Crippen molar-refractivity contribution in [2.45, 2.75) is 18.8 Å². The van der Waals surface area contributed by atoms with Crippen molar-refractivity contribution in [3.63, 3.8) is 0 Å². The van der Waals surface area contributed by atoms with Crippen molar-refractivity contribution < 1.29 is 18.3 Å². The van der Waals surface area contributed by atoms with Crippen LogP contribution in [0.2, 0.25) is 5.02 Å². The first kappa shape index (κ1) is 23.7. The van der Waals surface area contributed by atoms with Crippen molar-refractivity contribution in [3.8, 4) is 22.3 Å². The minimum atomic E-state index is -4.43. The lowest BCUT2D eigenvalue weighted by Gasteiger charge is -2.17. The Labute approximate surface area is 198 Å². The predicted octanol–water partition coefficient (Wildman–Crippen LogP) is 4.91. The lowest BCUT2D eigenvalue weighted by atomic mass is 9.96. The van der Waals surface area contributed by atoms with Gasteiger partial charge in [0.25, 0.3) is 0 Å². The molecule has 0 radical (unpaired) electrons. The quantitative estimate of drug-likeness (QED) is 0.358. The Morgan fingerprint density at radius 1 is 1.00 bits per heavy atom. The van der Waals surface area contributed by atoms with E-state index in [9.17, 15) is 18.3 Å². The first-order valence-electron chi connectivity index (χ1n) is 10.3. The Bertz CT molecular complexity index is 1290. The van der Waals surface area contributed by atoms with Gasteiger partial charge >= 0.3 is 6.18 Å². The molecule has 2 heterocycles. The number of nitrogen functional groups attached to an aromatic ring is 1. The minimum absolute atomic E-state index is 0.0832. The van der Waals surface area contributed by atoms with Crippen LogP contribution in [0, 0.1) is 0 Å². The normalized spacial score (nSPS) is 12.6. The number of benzene rings is 2. The summed E-state index contributed by atoms with van der Waals surface area (Å²) in [5.41, 5.74) is 15.1. The number of hydrogen-bond acceptors (Lipinski definition) is 5. The van der Waals surface area contributed by atoms with E-state index in [1.807, 2.05) is 12.1 Å². The third kappa shape index (κ3) is 4.63. The van der Waals surface area contributed by atoms with Crippen LogP contribution in [0.5, 0.6) is 0 Å². The number of pyridine rings is 1. The monoisotopic (exact) mass is 487 g/mol. The van der Waals surface area contributed by atoms with Gasteiger partial charge in [0.2, 0.25) is 0 Å². The average Bonchev–Trinajstić information content (AvgIpc) is 3.24. The summed E-state index contributed by atoms with van der Waals surface area (Å²) < 4.78 is 40.4. The van der Waals surface area contributed by atoms with Crippen molar-refractivity contribution in [2.75, 3.05) is 12.3 Å². The molecule has 10 heteroatoms.